The van der Waals surface area contributed by atoms with E-state index in [0.29, 0.717) is 34.5 Å². The highest BCUT2D eigenvalue weighted by atomic mass is 35.5. The molecule has 252 valence electrons. The van der Waals surface area contributed by atoms with Crippen molar-refractivity contribution in [1.82, 2.24) is 10.6 Å². The van der Waals surface area contributed by atoms with Crippen LogP contribution < -0.4 is 21.3 Å². The van der Waals surface area contributed by atoms with Gasteiger partial charge in [-0.3, -0.25) is 9.59 Å². The molecule has 4 aromatic carbocycles. The highest BCUT2D eigenvalue weighted by Gasteiger charge is 2.31. The number of rotatable bonds is 8. The molecule has 3 unspecified atom stereocenters. The minimum absolute atomic E-state index is 0.0161. The van der Waals surface area contributed by atoms with Crippen molar-refractivity contribution in [3.8, 4) is 0 Å². The first-order valence-electron chi connectivity index (χ1n) is 16.2. The first-order valence-corrected chi connectivity index (χ1v) is 16.6. The third kappa shape index (κ3) is 9.92. The average molecular weight is 677 g/mol. The van der Waals surface area contributed by atoms with E-state index < -0.39 is 17.7 Å². The molecule has 2 amide bonds. The summed E-state index contributed by atoms with van der Waals surface area (Å²) in [6, 6.07) is 28.1. The van der Waals surface area contributed by atoms with Gasteiger partial charge >= 0.3 is 6.18 Å². The normalized spacial score (nSPS) is 18.0. The van der Waals surface area contributed by atoms with Gasteiger partial charge in [-0.15, -0.1) is 0 Å². The Morgan fingerprint density at radius 1 is 0.792 bits per heavy atom. The summed E-state index contributed by atoms with van der Waals surface area (Å²) in [5.41, 5.74) is 4.59. The summed E-state index contributed by atoms with van der Waals surface area (Å²) in [6.07, 6.45) is -1.79. The summed E-state index contributed by atoms with van der Waals surface area (Å²) in [5.74, 6) is 0.0517. The lowest BCUT2D eigenvalue weighted by Gasteiger charge is -2.15. The molecule has 2 fully saturated rings. The van der Waals surface area contributed by atoms with Crippen molar-refractivity contribution in [2.24, 2.45) is 0 Å². The van der Waals surface area contributed by atoms with Crippen molar-refractivity contribution in [3.05, 3.63) is 130 Å². The van der Waals surface area contributed by atoms with Crippen molar-refractivity contribution in [2.75, 3.05) is 36.8 Å². The van der Waals surface area contributed by atoms with Crippen LogP contribution in [0.1, 0.15) is 65.3 Å². The van der Waals surface area contributed by atoms with Crippen molar-refractivity contribution in [2.45, 2.75) is 50.1 Å². The molecule has 0 bridgehead atoms. The Labute approximate surface area is 284 Å². The molecule has 48 heavy (non-hydrogen) atoms. The van der Waals surface area contributed by atoms with Crippen LogP contribution in [0.25, 0.3) is 0 Å². The molecule has 0 aromatic heterocycles. The van der Waals surface area contributed by atoms with E-state index in [4.69, 9.17) is 11.6 Å². The highest BCUT2D eigenvalue weighted by molar-refractivity contribution is 6.30. The van der Waals surface area contributed by atoms with E-state index in [-0.39, 0.29) is 11.8 Å². The zero-order valence-corrected chi connectivity index (χ0v) is 27.5. The molecule has 2 aliphatic rings. The summed E-state index contributed by atoms with van der Waals surface area (Å²) in [5, 5.41) is 13.1. The monoisotopic (exact) mass is 676 g/mol. The molecule has 10 heteroatoms. The Morgan fingerprint density at radius 3 is 1.83 bits per heavy atom. The lowest BCUT2D eigenvalue weighted by molar-refractivity contribution is -0.137. The van der Waals surface area contributed by atoms with Gasteiger partial charge in [0, 0.05) is 29.5 Å². The van der Waals surface area contributed by atoms with Gasteiger partial charge < -0.3 is 21.3 Å². The van der Waals surface area contributed by atoms with Crippen molar-refractivity contribution < 1.29 is 22.8 Å². The van der Waals surface area contributed by atoms with Crippen LogP contribution in [0, 0.1) is 0 Å². The summed E-state index contributed by atoms with van der Waals surface area (Å²) in [7, 11) is 0. The summed E-state index contributed by atoms with van der Waals surface area (Å²) < 4.78 is 38.5. The Morgan fingerprint density at radius 2 is 1.33 bits per heavy atom. The smallest absolute Gasteiger partial charge is 0.326 e. The van der Waals surface area contributed by atoms with Crippen LogP contribution >= 0.6 is 11.6 Å². The predicted molar refractivity (Wildman–Crippen MR) is 186 cm³/mol. The van der Waals surface area contributed by atoms with Crippen LogP contribution in [-0.2, 0) is 22.2 Å². The van der Waals surface area contributed by atoms with E-state index in [1.807, 2.05) is 48.5 Å². The first-order chi connectivity index (χ1) is 23.0. The number of amides is 2. The maximum Gasteiger partial charge on any atom is 0.416 e. The van der Waals surface area contributed by atoms with Crippen molar-refractivity contribution in [1.29, 1.82) is 0 Å². The van der Waals surface area contributed by atoms with Crippen molar-refractivity contribution >= 4 is 34.8 Å². The van der Waals surface area contributed by atoms with Gasteiger partial charge in [-0.1, -0.05) is 66.2 Å². The lowest BCUT2D eigenvalue weighted by Crippen LogP contribution is -2.19. The van der Waals surface area contributed by atoms with E-state index in [9.17, 15) is 22.8 Å². The topological polar surface area (TPSA) is 82.3 Å². The number of hydrogen-bond donors (Lipinski definition) is 4. The molecule has 0 aliphatic carbocycles. The molecule has 0 saturated carbocycles. The maximum absolute atomic E-state index is 12.8. The van der Waals surface area contributed by atoms with E-state index >= 15 is 0 Å². The fourth-order valence-electron chi connectivity index (χ4n) is 5.93. The summed E-state index contributed by atoms with van der Waals surface area (Å²) in [6.45, 7) is 5.70. The molecule has 6 rings (SSSR count). The molecule has 4 N–H and O–H groups in total. The Bertz CT molecular complexity index is 1650. The fraction of sp³-hybridized carbons (Fsp3) is 0.316. The molecule has 2 heterocycles. The van der Waals surface area contributed by atoms with E-state index in [1.54, 1.807) is 19.1 Å². The quantitative estimate of drug-likeness (QED) is 0.152. The van der Waals surface area contributed by atoms with Gasteiger partial charge in [0.25, 0.3) is 0 Å². The standard InChI is InChI=1S/C20H21F3N2O.C18H19ClN2O/c1-13(15-3-2-4-17(11-15)20(21,22)23)19(26)25-18-7-5-14(6-8-18)16-9-10-24-12-16;19-16-5-1-13(2-6-16)11-18(22)21-17-7-3-14(4-8-17)15-9-10-20-12-15/h2-8,11,13,16,24H,9-10,12H2,1H3,(H,25,26);1-8,15,20H,9-12H2,(H,21,22). The van der Waals surface area contributed by atoms with Gasteiger partial charge in [0.15, 0.2) is 0 Å². The van der Waals surface area contributed by atoms with Gasteiger partial charge in [0.2, 0.25) is 11.8 Å². The van der Waals surface area contributed by atoms with Crippen LogP contribution in [0.5, 0.6) is 0 Å². The SMILES string of the molecule is CC(C(=O)Nc1ccc(C2CCNC2)cc1)c1cccc(C(F)(F)F)c1.O=C(Cc1ccc(Cl)cc1)Nc1ccc(C2CCNC2)cc1. The molecular weight excluding hydrogens is 637 g/mol. The molecule has 2 aliphatic heterocycles. The molecule has 0 radical (unpaired) electrons. The molecule has 0 spiro atoms. The number of carbonyl (C=O) groups is 2. The number of benzene rings is 4. The van der Waals surface area contributed by atoms with Crippen molar-refractivity contribution in [3.63, 3.8) is 0 Å². The van der Waals surface area contributed by atoms with Gasteiger partial charge in [-0.05, 0) is 109 Å². The molecular formula is C38H40ClF3N4O2. The number of alkyl halides is 3. The molecule has 3 atom stereocenters. The second-order valence-corrected chi connectivity index (χ2v) is 12.7. The third-order valence-electron chi connectivity index (χ3n) is 8.82. The number of carbonyl (C=O) groups excluding carboxylic acids is 2. The Hall–Kier alpha value is -4.18. The molecule has 2 saturated heterocycles. The third-order valence-corrected chi connectivity index (χ3v) is 9.07. The minimum atomic E-state index is -4.42. The Kier molecular flexibility index (Phi) is 11.9. The van der Waals surface area contributed by atoms with E-state index in [1.165, 1.54) is 29.7 Å². The van der Waals surface area contributed by atoms with Gasteiger partial charge in [-0.2, -0.15) is 13.2 Å². The summed E-state index contributed by atoms with van der Waals surface area (Å²) >= 11 is 5.84. The van der Waals surface area contributed by atoms with Crippen LogP contribution in [0.4, 0.5) is 24.5 Å². The molecule has 4 aromatic rings. The molecule has 6 nitrogen and oxygen atoms in total. The summed E-state index contributed by atoms with van der Waals surface area (Å²) in [4.78, 5) is 24.5. The number of halogens is 4. The van der Waals surface area contributed by atoms with Gasteiger partial charge in [-0.25, -0.2) is 0 Å². The van der Waals surface area contributed by atoms with Gasteiger partial charge in [0.05, 0.1) is 17.9 Å². The van der Waals surface area contributed by atoms with Crippen LogP contribution in [0.3, 0.4) is 0 Å². The second kappa shape index (κ2) is 16.3. The second-order valence-electron chi connectivity index (χ2n) is 12.3. The zero-order chi connectivity index (χ0) is 34.1. The predicted octanol–water partition coefficient (Wildman–Crippen LogP) is 8.12. The maximum atomic E-state index is 12.8. The van der Waals surface area contributed by atoms with Crippen LogP contribution in [0.15, 0.2) is 97.1 Å². The zero-order valence-electron chi connectivity index (χ0n) is 26.7. The lowest BCUT2D eigenvalue weighted by atomic mass is 9.97. The number of nitrogens with one attached hydrogen (secondary N) is 4. The average Bonchev–Trinajstić information content (AvgIpc) is 3.82. The largest absolute Gasteiger partial charge is 0.416 e. The first kappa shape index (κ1) is 35.1. The minimum Gasteiger partial charge on any atom is -0.326 e. The number of hydrogen-bond acceptors (Lipinski definition) is 4. The van der Waals surface area contributed by atoms with E-state index in [0.717, 1.165) is 56.0 Å². The fourth-order valence-corrected chi connectivity index (χ4v) is 6.06. The van der Waals surface area contributed by atoms with Crippen LogP contribution in [0.2, 0.25) is 5.02 Å². The van der Waals surface area contributed by atoms with Crippen LogP contribution in [-0.4, -0.2) is 38.0 Å². The highest BCUT2D eigenvalue weighted by Crippen LogP contribution is 2.32. The van der Waals surface area contributed by atoms with Gasteiger partial charge in [0.1, 0.15) is 0 Å². The Balaban J connectivity index is 0.000000190. The number of anilines is 2. The van der Waals surface area contributed by atoms with E-state index in [2.05, 4.69) is 33.4 Å².